The Morgan fingerprint density at radius 3 is 2.71 bits per heavy atom. The predicted molar refractivity (Wildman–Crippen MR) is 172 cm³/mol. The molecule has 1 aliphatic carbocycles. The van der Waals surface area contributed by atoms with Gasteiger partial charge in [-0.25, -0.2) is 13.8 Å². The molecule has 7 rings (SSSR count). The van der Waals surface area contributed by atoms with Crippen LogP contribution in [0.25, 0.3) is 10.4 Å². The van der Waals surface area contributed by atoms with Crippen LogP contribution in [-0.2, 0) is 11.2 Å². The van der Waals surface area contributed by atoms with Gasteiger partial charge in [0.05, 0.1) is 29.3 Å². The Bertz CT molecular complexity index is 1880. The summed E-state index contributed by atoms with van der Waals surface area (Å²) in [6.45, 7) is 3.38. The number of aromatic nitrogens is 1. The van der Waals surface area contributed by atoms with Gasteiger partial charge in [-0.3, -0.25) is 9.59 Å². The maximum atomic E-state index is 14.7. The first kappa shape index (κ1) is 28.9. The number of thiophene rings is 1. The highest BCUT2D eigenvalue weighted by molar-refractivity contribution is 7.17. The van der Waals surface area contributed by atoms with E-state index >= 15 is 0 Å². The number of carbonyl (C=O) groups excluding carboxylic acids is 2. The molecule has 10 heteroatoms. The van der Waals surface area contributed by atoms with Gasteiger partial charge in [-0.15, -0.1) is 11.3 Å². The molecule has 0 atom stereocenters. The number of hydrogen-bond acceptors (Lipinski definition) is 6. The average Bonchev–Trinajstić information content (AvgIpc) is 3.26. The van der Waals surface area contributed by atoms with Gasteiger partial charge < -0.3 is 19.9 Å². The summed E-state index contributed by atoms with van der Waals surface area (Å²) >= 11 is 1.33. The number of halogens is 2. The Labute approximate surface area is 263 Å². The molecule has 0 unspecified atom stereocenters. The SMILES string of the molecule is Cc1cccc(F)c1NC(=O)c1cc2c(s1)-c1ccccc1N(C(=O)c1cccc(N3CCOC4=C(C3)C(F)=CCC4)n1)CC2. The fourth-order valence-corrected chi connectivity index (χ4v) is 7.19. The lowest BCUT2D eigenvalue weighted by Crippen LogP contribution is -2.34. The van der Waals surface area contributed by atoms with Crippen LogP contribution in [0.5, 0.6) is 0 Å². The molecule has 2 aromatic carbocycles. The topological polar surface area (TPSA) is 74.8 Å². The third-order valence-corrected chi connectivity index (χ3v) is 9.58. The van der Waals surface area contributed by atoms with Gasteiger partial charge in [0.1, 0.15) is 35.5 Å². The number of fused-ring (bicyclic) bond motifs is 3. The van der Waals surface area contributed by atoms with Gasteiger partial charge in [0.25, 0.3) is 11.8 Å². The molecule has 3 aliphatic rings. The highest BCUT2D eigenvalue weighted by Gasteiger charge is 2.29. The molecule has 1 N–H and O–H groups in total. The van der Waals surface area contributed by atoms with Crippen molar-refractivity contribution in [3.63, 3.8) is 0 Å². The molecule has 0 saturated carbocycles. The lowest BCUT2D eigenvalue weighted by atomic mass is 10.0. The van der Waals surface area contributed by atoms with Crippen molar-refractivity contribution in [2.75, 3.05) is 41.4 Å². The fraction of sp³-hybridized carbons (Fsp3) is 0.229. The van der Waals surface area contributed by atoms with Crippen molar-refractivity contribution in [2.45, 2.75) is 26.2 Å². The molecule has 4 heterocycles. The maximum absolute atomic E-state index is 14.7. The van der Waals surface area contributed by atoms with Gasteiger partial charge in [-0.1, -0.05) is 36.4 Å². The van der Waals surface area contributed by atoms with E-state index in [2.05, 4.69) is 5.32 Å². The Morgan fingerprint density at radius 2 is 1.84 bits per heavy atom. The standard InChI is InChI=1S/C35H30F2N4O3S/c1-21-7-4-10-26(37)32(21)39-34(42)30-19-22-15-16-41(28-12-3-2-8-23(28)33(22)45-30)35(43)27-11-6-14-31(38-27)40-17-18-44-29-13-5-9-25(36)24(29)20-40/h2-4,6-12,14,19H,5,13,15-18,20H2,1H3,(H,39,42). The van der Waals surface area contributed by atoms with Gasteiger partial charge in [0.2, 0.25) is 0 Å². The van der Waals surface area contributed by atoms with Crippen molar-refractivity contribution in [3.05, 3.63) is 117 Å². The van der Waals surface area contributed by atoms with Crippen LogP contribution >= 0.6 is 11.3 Å². The van der Waals surface area contributed by atoms with Crippen LogP contribution in [0.1, 0.15) is 44.1 Å². The summed E-state index contributed by atoms with van der Waals surface area (Å²) in [6, 6.07) is 19.5. The second-order valence-corrected chi connectivity index (χ2v) is 12.3. The molecule has 2 amide bonds. The molecular weight excluding hydrogens is 594 g/mol. The maximum Gasteiger partial charge on any atom is 0.276 e. The Balaban J connectivity index is 1.16. The van der Waals surface area contributed by atoms with Crippen LogP contribution in [0.15, 0.2) is 90.0 Å². The minimum atomic E-state index is -0.484. The average molecular weight is 625 g/mol. The van der Waals surface area contributed by atoms with E-state index in [0.29, 0.717) is 73.1 Å². The normalized spacial score (nSPS) is 16.0. The number of allylic oxidation sites excluding steroid dienone is 2. The van der Waals surface area contributed by atoms with Crippen molar-refractivity contribution in [3.8, 4) is 10.4 Å². The van der Waals surface area contributed by atoms with E-state index in [1.165, 1.54) is 17.4 Å². The predicted octanol–water partition coefficient (Wildman–Crippen LogP) is 7.45. The molecule has 228 valence electrons. The number of nitrogens with zero attached hydrogens (tertiary/aromatic N) is 3. The molecular formula is C35H30F2N4O3S. The second-order valence-electron chi connectivity index (χ2n) is 11.2. The summed E-state index contributed by atoms with van der Waals surface area (Å²) < 4.78 is 34.9. The van der Waals surface area contributed by atoms with Crippen LogP contribution in [0, 0.1) is 12.7 Å². The van der Waals surface area contributed by atoms with Gasteiger partial charge in [-0.2, -0.15) is 0 Å². The number of ether oxygens (including phenoxy) is 1. The highest BCUT2D eigenvalue weighted by Crippen LogP contribution is 2.42. The summed E-state index contributed by atoms with van der Waals surface area (Å²) in [4.78, 5) is 37.0. The Hall–Kier alpha value is -4.83. The number of benzene rings is 2. The number of aryl methyl sites for hydroxylation is 1. The third kappa shape index (κ3) is 5.50. The summed E-state index contributed by atoms with van der Waals surface area (Å²) in [5.41, 5.74) is 4.14. The van der Waals surface area contributed by atoms with Crippen molar-refractivity contribution in [2.24, 2.45) is 0 Å². The van der Waals surface area contributed by atoms with E-state index in [4.69, 9.17) is 9.72 Å². The minimum absolute atomic E-state index is 0.170. The van der Waals surface area contributed by atoms with Crippen molar-refractivity contribution in [1.29, 1.82) is 0 Å². The zero-order chi connectivity index (χ0) is 31.1. The quantitative estimate of drug-likeness (QED) is 0.255. The van der Waals surface area contributed by atoms with Gasteiger partial charge in [0.15, 0.2) is 0 Å². The minimum Gasteiger partial charge on any atom is -0.496 e. The van der Waals surface area contributed by atoms with Gasteiger partial charge in [0, 0.05) is 29.0 Å². The number of amides is 2. The van der Waals surface area contributed by atoms with Crippen LogP contribution in [0.2, 0.25) is 0 Å². The van der Waals surface area contributed by atoms with Crippen LogP contribution < -0.4 is 15.1 Å². The van der Waals surface area contributed by atoms with E-state index in [0.717, 1.165) is 21.7 Å². The first-order valence-electron chi connectivity index (χ1n) is 14.9. The van der Waals surface area contributed by atoms with E-state index < -0.39 is 5.82 Å². The van der Waals surface area contributed by atoms with Crippen LogP contribution in [0.3, 0.4) is 0 Å². The number of pyridine rings is 1. The molecule has 0 radical (unpaired) electrons. The molecule has 0 saturated heterocycles. The van der Waals surface area contributed by atoms with E-state index in [1.807, 2.05) is 41.3 Å². The number of rotatable bonds is 4. The number of nitrogens with one attached hydrogen (secondary N) is 1. The molecule has 0 spiro atoms. The molecule has 2 aliphatic heterocycles. The first-order valence-corrected chi connectivity index (χ1v) is 15.7. The Morgan fingerprint density at radius 1 is 1.00 bits per heavy atom. The molecule has 0 bridgehead atoms. The smallest absolute Gasteiger partial charge is 0.276 e. The van der Waals surface area contributed by atoms with Crippen molar-refractivity contribution in [1.82, 2.24) is 4.98 Å². The summed E-state index contributed by atoms with van der Waals surface area (Å²) in [6.07, 6.45) is 3.41. The lowest BCUT2D eigenvalue weighted by Gasteiger charge is -2.25. The van der Waals surface area contributed by atoms with Gasteiger partial charge >= 0.3 is 0 Å². The second kappa shape index (κ2) is 11.9. The van der Waals surface area contributed by atoms with E-state index in [9.17, 15) is 18.4 Å². The summed E-state index contributed by atoms with van der Waals surface area (Å²) in [7, 11) is 0. The van der Waals surface area contributed by atoms with E-state index in [-0.39, 0.29) is 29.0 Å². The number of anilines is 3. The monoisotopic (exact) mass is 624 g/mol. The molecule has 2 aromatic heterocycles. The largest absolute Gasteiger partial charge is 0.496 e. The van der Waals surface area contributed by atoms with Crippen LogP contribution in [0.4, 0.5) is 26.0 Å². The number of para-hydroxylation sites is 2. The zero-order valence-electron chi connectivity index (χ0n) is 24.6. The highest BCUT2D eigenvalue weighted by atomic mass is 32.1. The molecule has 7 nitrogen and oxygen atoms in total. The zero-order valence-corrected chi connectivity index (χ0v) is 25.4. The molecule has 45 heavy (non-hydrogen) atoms. The summed E-state index contributed by atoms with van der Waals surface area (Å²) in [5.74, 6) is -0.0872. The van der Waals surface area contributed by atoms with Crippen molar-refractivity contribution < 1.29 is 23.1 Å². The summed E-state index contributed by atoms with van der Waals surface area (Å²) in [5, 5.41) is 2.73. The number of hydrogen-bond donors (Lipinski definition) is 1. The third-order valence-electron chi connectivity index (χ3n) is 8.37. The Kier molecular flexibility index (Phi) is 7.66. The van der Waals surface area contributed by atoms with Crippen molar-refractivity contribution >= 4 is 40.3 Å². The lowest BCUT2D eigenvalue weighted by molar-refractivity contribution is 0.0981. The van der Waals surface area contributed by atoms with Gasteiger partial charge in [-0.05, 0) is 67.3 Å². The molecule has 4 aromatic rings. The van der Waals surface area contributed by atoms with Crippen LogP contribution in [-0.4, -0.2) is 43.0 Å². The number of carbonyl (C=O) groups is 2. The fourth-order valence-electron chi connectivity index (χ4n) is 6.05. The van der Waals surface area contributed by atoms with E-state index in [1.54, 1.807) is 42.2 Å². The first-order chi connectivity index (χ1) is 21.9. The molecule has 0 fully saturated rings.